The van der Waals surface area contributed by atoms with Crippen molar-refractivity contribution >= 4 is 64.7 Å². The molecule has 6 unspecified atom stereocenters. The molecule has 0 radical (unpaired) electrons. The van der Waals surface area contributed by atoms with Crippen LogP contribution in [0, 0.1) is 69.5 Å². The predicted octanol–water partition coefficient (Wildman–Crippen LogP) is 27.2. The van der Waals surface area contributed by atoms with Crippen LogP contribution >= 0.6 is 11.8 Å². The molecule has 15 atom stereocenters. The number of hydrogen-bond donors (Lipinski definition) is 2. The van der Waals surface area contributed by atoms with Crippen molar-refractivity contribution in [1.29, 1.82) is 0 Å². The van der Waals surface area contributed by atoms with E-state index in [1.165, 1.54) is 62.0 Å². The minimum Gasteiger partial charge on any atom is -0.414 e. The average molecular weight is 1690 g/mol. The van der Waals surface area contributed by atoms with Gasteiger partial charge < -0.3 is 27.9 Å². The van der Waals surface area contributed by atoms with E-state index in [2.05, 4.69) is 187 Å². The summed E-state index contributed by atoms with van der Waals surface area (Å²) in [5.74, 6) is 5.85. The van der Waals surface area contributed by atoms with Crippen LogP contribution in [0.4, 0.5) is 0 Å². The summed E-state index contributed by atoms with van der Waals surface area (Å²) < 4.78 is 83.0. The number of sulfone groups is 2. The second kappa shape index (κ2) is 39.4. The molecule has 0 bridgehead atoms. The molecule has 3 aromatic carbocycles. The van der Waals surface area contributed by atoms with Gasteiger partial charge >= 0.3 is 0 Å². The highest BCUT2D eigenvalue weighted by Crippen LogP contribution is 2.64. The van der Waals surface area contributed by atoms with Crippen molar-refractivity contribution in [3.8, 4) is 0 Å². The molecule has 6 fully saturated rings. The van der Waals surface area contributed by atoms with Crippen LogP contribution in [-0.4, -0.2) is 113 Å². The third-order valence-electron chi connectivity index (χ3n) is 31.7. The highest BCUT2D eigenvalue weighted by atomic mass is 32.2. The lowest BCUT2D eigenvalue weighted by Crippen LogP contribution is -2.50. The van der Waals surface area contributed by atoms with Gasteiger partial charge in [-0.25, -0.2) is 16.8 Å². The van der Waals surface area contributed by atoms with Crippen molar-refractivity contribution in [3.63, 3.8) is 0 Å². The number of thioether (sulfide) groups is 1. The molecule has 648 valence electrons. The lowest BCUT2D eigenvalue weighted by atomic mass is 9.61. The van der Waals surface area contributed by atoms with E-state index in [0.29, 0.717) is 69.3 Å². The number of aliphatic hydroxyl groups is 2. The Balaban J connectivity index is 0.000000237. The maximum absolute atomic E-state index is 13.9. The van der Waals surface area contributed by atoms with E-state index in [4.69, 9.17) is 17.7 Å². The van der Waals surface area contributed by atoms with Crippen LogP contribution in [-0.2, 0) is 37.4 Å². The lowest BCUT2D eigenvalue weighted by molar-refractivity contribution is -0.0217. The van der Waals surface area contributed by atoms with Gasteiger partial charge in [0.25, 0.3) is 0 Å². The fourth-order valence-electron chi connectivity index (χ4n) is 21.8. The Labute approximate surface area is 703 Å². The Kier molecular flexibility index (Phi) is 34.4. The molecule has 0 heterocycles. The van der Waals surface area contributed by atoms with E-state index in [0.717, 1.165) is 120 Å². The summed E-state index contributed by atoms with van der Waals surface area (Å²) in [6.07, 6.45) is 27.6. The zero-order chi connectivity index (χ0) is 84.5. The number of fused-ring (bicyclic) bond motifs is 3. The molecule has 6 saturated carbocycles. The maximum Gasteiger partial charge on any atom is 0.192 e. The van der Waals surface area contributed by atoms with Gasteiger partial charge in [-0.15, -0.1) is 11.8 Å². The van der Waals surface area contributed by atoms with E-state index in [9.17, 15) is 27.0 Å². The monoisotopic (exact) mass is 1690 g/mol. The molecule has 0 saturated heterocycles. The number of benzene rings is 3. The molecule has 0 amide bonds. The molecule has 10 nitrogen and oxygen atoms in total. The second-order valence-corrected chi connectivity index (χ2v) is 68.4. The minimum atomic E-state index is -3.38. The van der Waals surface area contributed by atoms with E-state index in [1.54, 1.807) is 24.3 Å². The van der Waals surface area contributed by atoms with Crippen LogP contribution in [0.1, 0.15) is 299 Å². The molecule has 113 heavy (non-hydrogen) atoms. The van der Waals surface area contributed by atoms with Gasteiger partial charge in [-0.2, -0.15) is 0 Å². The Bertz CT molecular complexity index is 3580. The van der Waals surface area contributed by atoms with E-state index in [-0.39, 0.29) is 61.0 Å². The molecule has 3 aromatic rings. The third kappa shape index (κ3) is 26.1. The quantitative estimate of drug-likeness (QED) is 0.0429. The number of rotatable bonds is 35. The summed E-state index contributed by atoms with van der Waals surface area (Å²) in [5.41, 5.74) is -0.835. The smallest absolute Gasteiger partial charge is 0.192 e. The molecule has 9 rings (SSSR count). The maximum atomic E-state index is 13.9. The summed E-state index contributed by atoms with van der Waals surface area (Å²) >= 11 is 2.04. The molecule has 6 aliphatic carbocycles. The van der Waals surface area contributed by atoms with Gasteiger partial charge in [0.2, 0.25) is 0 Å². The lowest BCUT2D eigenvalue weighted by Gasteiger charge is -2.50. The van der Waals surface area contributed by atoms with E-state index in [1.807, 2.05) is 75.9 Å². The zero-order valence-corrected chi connectivity index (χ0v) is 83.6. The van der Waals surface area contributed by atoms with Crippen molar-refractivity contribution in [2.45, 2.75) is 422 Å². The summed E-state index contributed by atoms with van der Waals surface area (Å²) in [7, 11) is -14.0. The van der Waals surface area contributed by atoms with Crippen molar-refractivity contribution in [2.24, 2.45) is 69.5 Å². The first-order valence-electron chi connectivity index (χ1n) is 45.5. The standard InChI is InChI=1S/C36H66O4SSi2.C30H52O4SSi.C30H52O2SSi/c1-12-43(13-2,14-3)40-35(7,8)26-18-20-29(28-41(37,38)30-21-16-15-17-22-30)31-24-25-32-33(23-19-27-36(31,32)9)39-42(10,11)34(4,5)6;1-28(2,3)36(7,8)34-27-17-13-21-30(6)25(18-19-26(27)30)23(14-12-20-29(4,5)31)22-35(32,33)24-15-10-9-11-16-24;1-28(2,3)34(7,8)32-27-17-13-21-30(6)25(18-19-26(27)30)23(14-12-20-29(4,5)31)22-33-24-15-10-9-11-16-24/h15-17,21-22,29,31-33H,12-14,18-20,23-28H2,1-11H3;9-11,15-16,23,25-27,31H,12-14,17-22H2,1-8H3;9-11,15-16,23,25-27,31H,12-14,17-22H2,1-8H3/t29-,31?,32?,33-,36+;2*23-,25?,26?,27-,30+/m000/s1. The minimum absolute atomic E-state index is 0.0965. The normalized spacial score (nSPS) is 27.9. The molecule has 0 aliphatic heterocycles. The van der Waals surface area contributed by atoms with Crippen molar-refractivity contribution in [1.82, 2.24) is 0 Å². The summed E-state index contributed by atoms with van der Waals surface area (Å²) in [4.78, 5) is 2.29. The van der Waals surface area contributed by atoms with Crippen LogP contribution in [0.25, 0.3) is 0 Å². The predicted molar refractivity (Wildman–Crippen MR) is 492 cm³/mol. The SMILES string of the molecule is CC(C)(O)CCC[C@@H](CS(=O)(=O)c1ccccc1)C1CCC2[C@@H](O[Si](C)(C)C(C)(C)C)CCC[C@]12C.CC(C)(O)CCC[C@@H](CSc1ccccc1)C1CCC2[C@@H](O[Si](C)(C)C(C)(C)C)CCC[C@]12C.CC[Si](CC)(CC)OC(C)(C)CCC[C@@H](CS(=O)(=O)c1ccccc1)C1CCC2[C@@H](O[Si](C)(C)C(C)(C)C)CCC[C@]12C. The van der Waals surface area contributed by atoms with E-state index < -0.39 is 64.1 Å². The van der Waals surface area contributed by atoms with Crippen LogP contribution in [0.2, 0.25) is 72.5 Å². The summed E-state index contributed by atoms with van der Waals surface area (Å²) in [6, 6.07) is 32.5. The average Bonchev–Trinajstić information content (AvgIpc) is 1.63. The van der Waals surface area contributed by atoms with Gasteiger partial charge in [0.1, 0.15) is 0 Å². The van der Waals surface area contributed by atoms with Gasteiger partial charge in [-0.3, -0.25) is 0 Å². The van der Waals surface area contributed by atoms with Gasteiger partial charge in [0.05, 0.1) is 38.1 Å². The van der Waals surface area contributed by atoms with Crippen LogP contribution < -0.4 is 0 Å². The fraction of sp³-hybridized carbons (Fsp3) is 0.812. The highest BCUT2D eigenvalue weighted by molar-refractivity contribution is 7.99. The highest BCUT2D eigenvalue weighted by Gasteiger charge is 2.59. The Morgan fingerprint density at radius 1 is 0.425 bits per heavy atom. The summed E-state index contributed by atoms with van der Waals surface area (Å²) in [5, 5.41) is 21.3. The number of hydrogen-bond acceptors (Lipinski definition) is 11. The largest absolute Gasteiger partial charge is 0.414 e. The molecular formula is C96H170O10S3Si4. The fourth-order valence-corrected chi connectivity index (χ4v) is 33.8. The third-order valence-corrected chi connectivity index (χ3v) is 54.9. The van der Waals surface area contributed by atoms with Gasteiger partial charge in [0, 0.05) is 29.0 Å². The Hall–Kier alpha value is -1.46. The molecular weight excluding hydrogens is 1520 g/mol. The molecule has 2 N–H and O–H groups in total. The first-order chi connectivity index (χ1) is 52.0. The van der Waals surface area contributed by atoms with Crippen LogP contribution in [0.15, 0.2) is 106 Å². The molecule has 6 aliphatic rings. The van der Waals surface area contributed by atoms with Gasteiger partial charge in [-0.1, -0.05) is 197 Å². The first-order valence-corrected chi connectivity index (χ1v) is 61.0. The summed E-state index contributed by atoms with van der Waals surface area (Å²) in [6.45, 7) is 62.0. The Morgan fingerprint density at radius 2 is 0.717 bits per heavy atom. The molecule has 17 heteroatoms. The molecule has 0 aromatic heterocycles. The zero-order valence-electron chi connectivity index (χ0n) is 77.2. The van der Waals surface area contributed by atoms with Crippen LogP contribution in [0.3, 0.4) is 0 Å². The van der Waals surface area contributed by atoms with Crippen molar-refractivity contribution in [2.75, 3.05) is 17.3 Å². The van der Waals surface area contributed by atoms with Gasteiger partial charge in [0.15, 0.2) is 52.9 Å². The van der Waals surface area contributed by atoms with E-state index >= 15 is 0 Å². The molecule has 0 spiro atoms. The topological polar surface area (TPSA) is 146 Å². The Morgan fingerprint density at radius 3 is 1.02 bits per heavy atom. The van der Waals surface area contributed by atoms with Crippen LogP contribution in [0.5, 0.6) is 0 Å². The van der Waals surface area contributed by atoms with Gasteiger partial charge in [-0.05, 0) is 336 Å². The second-order valence-electron chi connectivity index (χ2n) is 44.3. The van der Waals surface area contributed by atoms with Crippen molar-refractivity contribution < 1.29 is 44.8 Å². The first kappa shape index (κ1) is 98.6. The van der Waals surface area contributed by atoms with Crippen molar-refractivity contribution in [3.05, 3.63) is 91.0 Å².